The molecule has 0 aliphatic carbocycles. The van der Waals surface area contributed by atoms with E-state index in [-0.39, 0.29) is 5.91 Å². The van der Waals surface area contributed by atoms with Crippen LogP contribution in [0.25, 0.3) is 0 Å². The predicted octanol–water partition coefficient (Wildman–Crippen LogP) is 1.72. The first-order valence-corrected chi connectivity index (χ1v) is 5.13. The van der Waals surface area contributed by atoms with E-state index in [1.165, 1.54) is 6.42 Å². The average Bonchev–Trinajstić information content (AvgIpc) is 2.45. The molecule has 0 aromatic carbocycles. The molecule has 0 radical (unpaired) electrons. The van der Waals surface area contributed by atoms with Gasteiger partial charge in [-0.1, -0.05) is 27.2 Å². The van der Waals surface area contributed by atoms with Crippen LogP contribution in [-0.4, -0.2) is 22.8 Å². The van der Waals surface area contributed by atoms with Crippen LogP contribution in [0.1, 0.15) is 47.0 Å². The number of unbranched alkanes of at least 4 members (excludes halogenated alkanes) is 1. The highest BCUT2D eigenvalue weighted by atomic mass is 16.2. The summed E-state index contributed by atoms with van der Waals surface area (Å²) in [4.78, 5) is 10.9. The molecule has 1 aliphatic heterocycles. The van der Waals surface area contributed by atoms with Crippen molar-refractivity contribution in [3.05, 3.63) is 0 Å². The van der Waals surface area contributed by atoms with Gasteiger partial charge in [0.05, 0.1) is 0 Å². The molecule has 1 heterocycles. The van der Waals surface area contributed by atoms with Gasteiger partial charge in [0.2, 0.25) is 0 Å². The van der Waals surface area contributed by atoms with Crippen LogP contribution >= 0.6 is 0 Å². The maximum atomic E-state index is 10.9. The van der Waals surface area contributed by atoms with Crippen molar-refractivity contribution in [3.8, 4) is 0 Å². The lowest BCUT2D eigenvalue weighted by Crippen LogP contribution is -2.29. The van der Waals surface area contributed by atoms with Crippen LogP contribution < -0.4 is 5.43 Å². The van der Waals surface area contributed by atoms with E-state index in [2.05, 4.69) is 12.3 Å². The minimum absolute atomic E-state index is 0.124. The van der Waals surface area contributed by atoms with Crippen LogP contribution in [0.4, 0.5) is 0 Å². The summed E-state index contributed by atoms with van der Waals surface area (Å²) in [7, 11) is 0. The Morgan fingerprint density at radius 3 is 2.46 bits per heavy atom. The normalized spacial score (nSPS) is 15.2. The lowest BCUT2D eigenvalue weighted by molar-refractivity contribution is -0.569. The van der Waals surface area contributed by atoms with E-state index in [0.29, 0.717) is 6.42 Å². The maximum Gasteiger partial charge on any atom is 0.284 e. The van der Waals surface area contributed by atoms with E-state index in [1.807, 2.05) is 25.5 Å². The van der Waals surface area contributed by atoms with Crippen molar-refractivity contribution in [2.24, 2.45) is 0 Å². The molecule has 0 aromatic rings. The third kappa shape index (κ3) is 4.06. The molecular weight excluding hydrogens is 164 g/mol. The maximum absolute atomic E-state index is 10.9. The highest BCUT2D eigenvalue weighted by Gasteiger charge is 2.24. The van der Waals surface area contributed by atoms with Crippen LogP contribution in [0.2, 0.25) is 0 Å². The molecule has 0 unspecified atom stereocenters. The van der Waals surface area contributed by atoms with Gasteiger partial charge in [0.25, 0.3) is 5.91 Å². The third-order valence-electron chi connectivity index (χ3n) is 1.87. The molecular formula is C10H21N2O+. The van der Waals surface area contributed by atoms with E-state index in [9.17, 15) is 4.79 Å². The first kappa shape index (κ1) is 12.1. The fourth-order valence-electron chi connectivity index (χ4n) is 1.18. The van der Waals surface area contributed by atoms with E-state index >= 15 is 0 Å². The molecule has 0 atom stereocenters. The fraction of sp³-hybridized carbons (Fsp3) is 0.800. The highest BCUT2D eigenvalue weighted by Crippen LogP contribution is 1.97. The number of nitrogens with one attached hydrogen (secondary N) is 1. The molecule has 0 spiro atoms. The zero-order valence-electron chi connectivity index (χ0n) is 9.18. The minimum atomic E-state index is 0.124. The Labute approximate surface area is 80.8 Å². The van der Waals surface area contributed by atoms with Gasteiger partial charge in [-0.05, 0) is 0 Å². The number of amides is 1. The Balaban J connectivity index is 0.000000671. The summed E-state index contributed by atoms with van der Waals surface area (Å²) in [6, 6.07) is 0. The first-order valence-electron chi connectivity index (χ1n) is 5.13. The number of carbonyl (C=O) groups is 1. The average molecular weight is 185 g/mol. The van der Waals surface area contributed by atoms with Gasteiger partial charge in [0.15, 0.2) is 12.3 Å². The summed E-state index contributed by atoms with van der Waals surface area (Å²) in [5.41, 5.74) is 3.94. The number of carbonyl (C=O) groups excluding carboxylic acids is 1. The molecule has 76 valence electrons. The topological polar surface area (TPSA) is 32.1 Å². The molecule has 0 saturated carbocycles. The number of hydrazone groups is 1. The Hall–Kier alpha value is -0.860. The van der Waals surface area contributed by atoms with Gasteiger partial charge in [-0.15, -0.1) is 10.1 Å². The van der Waals surface area contributed by atoms with Gasteiger partial charge in [-0.2, -0.15) is 0 Å². The molecule has 1 rings (SSSR count). The van der Waals surface area contributed by atoms with Crippen molar-refractivity contribution in [2.45, 2.75) is 47.0 Å². The fourth-order valence-corrected chi connectivity index (χ4v) is 1.18. The summed E-state index contributed by atoms with van der Waals surface area (Å²) in [6.07, 6.45) is 2.88. The molecule has 0 bridgehead atoms. The van der Waals surface area contributed by atoms with Gasteiger partial charge >= 0.3 is 0 Å². The van der Waals surface area contributed by atoms with Crippen molar-refractivity contribution >= 4 is 11.6 Å². The smallest absolute Gasteiger partial charge is 0.269 e. The SMILES string of the molecule is CC.CCCC[N+]1=C(C)CC(=O)N1. The summed E-state index contributed by atoms with van der Waals surface area (Å²) in [5, 5.41) is 0. The Bertz CT molecular complexity index is 197. The molecule has 13 heavy (non-hydrogen) atoms. The molecule has 3 heteroatoms. The van der Waals surface area contributed by atoms with Crippen LogP contribution in [-0.2, 0) is 4.79 Å². The molecule has 0 saturated heterocycles. The largest absolute Gasteiger partial charge is 0.284 e. The van der Waals surface area contributed by atoms with Crippen molar-refractivity contribution in [2.75, 3.05) is 6.54 Å². The van der Waals surface area contributed by atoms with Crippen LogP contribution in [0, 0.1) is 0 Å². The first-order chi connectivity index (χ1) is 6.24. The Morgan fingerprint density at radius 2 is 2.08 bits per heavy atom. The van der Waals surface area contributed by atoms with E-state index in [1.54, 1.807) is 0 Å². The number of hydrogen-bond donors (Lipinski definition) is 1. The molecule has 0 aromatic heterocycles. The molecule has 1 N–H and O–H groups in total. The van der Waals surface area contributed by atoms with Crippen LogP contribution in [0.5, 0.6) is 0 Å². The standard InChI is InChI=1S/C8H14N2O.C2H6/c1-3-4-5-10-7(2)6-8(11)9-10;1-2/h3-6H2,1-2H3;1-2H3/p+1. The highest BCUT2D eigenvalue weighted by molar-refractivity contribution is 5.99. The van der Waals surface area contributed by atoms with Gasteiger partial charge in [0.1, 0.15) is 6.42 Å². The predicted molar refractivity (Wildman–Crippen MR) is 54.8 cm³/mol. The molecule has 1 amide bonds. The van der Waals surface area contributed by atoms with Crippen molar-refractivity contribution in [1.29, 1.82) is 0 Å². The number of hydrogen-bond acceptors (Lipinski definition) is 1. The van der Waals surface area contributed by atoms with Crippen molar-refractivity contribution in [3.63, 3.8) is 0 Å². The second kappa shape index (κ2) is 6.63. The molecule has 3 nitrogen and oxygen atoms in total. The van der Waals surface area contributed by atoms with E-state index < -0.39 is 0 Å². The number of nitrogens with zero attached hydrogens (tertiary/aromatic N) is 1. The monoisotopic (exact) mass is 185 g/mol. The van der Waals surface area contributed by atoms with Gasteiger partial charge in [-0.3, -0.25) is 4.79 Å². The lowest BCUT2D eigenvalue weighted by atomic mass is 10.3. The van der Waals surface area contributed by atoms with Crippen LogP contribution in [0.15, 0.2) is 0 Å². The van der Waals surface area contributed by atoms with Gasteiger partial charge in [-0.25, -0.2) is 0 Å². The van der Waals surface area contributed by atoms with Crippen molar-refractivity contribution in [1.82, 2.24) is 5.43 Å². The van der Waals surface area contributed by atoms with E-state index in [4.69, 9.17) is 0 Å². The molecule has 0 fully saturated rings. The third-order valence-corrected chi connectivity index (χ3v) is 1.87. The quantitative estimate of drug-likeness (QED) is 0.667. The van der Waals surface area contributed by atoms with E-state index in [0.717, 1.165) is 18.7 Å². The lowest BCUT2D eigenvalue weighted by Gasteiger charge is -1.95. The van der Waals surface area contributed by atoms with Crippen LogP contribution in [0.3, 0.4) is 0 Å². The molecule has 1 aliphatic rings. The minimum Gasteiger partial charge on any atom is -0.269 e. The zero-order valence-corrected chi connectivity index (χ0v) is 9.18. The van der Waals surface area contributed by atoms with Crippen molar-refractivity contribution < 1.29 is 9.48 Å². The Kier molecular flexibility index (Phi) is 6.20. The second-order valence-corrected chi connectivity index (χ2v) is 2.95. The number of hydrazine groups is 1. The zero-order chi connectivity index (χ0) is 10.3. The van der Waals surface area contributed by atoms with Gasteiger partial charge in [0, 0.05) is 13.3 Å². The summed E-state index contributed by atoms with van der Waals surface area (Å²) >= 11 is 0. The summed E-state index contributed by atoms with van der Waals surface area (Å²) < 4.78 is 1.95. The number of rotatable bonds is 3. The Morgan fingerprint density at radius 1 is 1.46 bits per heavy atom. The van der Waals surface area contributed by atoms with Gasteiger partial charge < -0.3 is 0 Å². The second-order valence-electron chi connectivity index (χ2n) is 2.95. The summed E-state index contributed by atoms with van der Waals surface area (Å²) in [6.45, 7) is 9.09. The summed E-state index contributed by atoms with van der Waals surface area (Å²) in [5.74, 6) is 0.124.